The van der Waals surface area contributed by atoms with Crippen LogP contribution in [0.3, 0.4) is 0 Å². The molecule has 8 aliphatic heterocycles. The van der Waals surface area contributed by atoms with Crippen LogP contribution in [0.1, 0.15) is 178 Å². The summed E-state index contributed by atoms with van der Waals surface area (Å²) in [5, 5.41) is 19.3. The van der Waals surface area contributed by atoms with Crippen molar-refractivity contribution in [3.8, 4) is 0 Å². The molecule has 0 spiro atoms. The van der Waals surface area contributed by atoms with E-state index in [2.05, 4.69) is 23.8 Å². The van der Waals surface area contributed by atoms with Gasteiger partial charge in [-0.1, -0.05) is 31.7 Å². The molecule has 0 aliphatic carbocycles. The van der Waals surface area contributed by atoms with Crippen LogP contribution >= 0.6 is 0 Å². The average molecular weight is 2100 g/mol. The summed E-state index contributed by atoms with van der Waals surface area (Å²) in [4.78, 5) is 91.5. The number of piperidine rings is 4. The molecule has 5 atom stereocenters. The van der Waals surface area contributed by atoms with Crippen molar-refractivity contribution >= 4 is 59.2 Å². The second kappa shape index (κ2) is 47.9. The third kappa shape index (κ3) is 32.0. The van der Waals surface area contributed by atoms with Crippen molar-refractivity contribution in [1.29, 1.82) is 0 Å². The molecule has 2 N–H and O–H groups in total. The van der Waals surface area contributed by atoms with Crippen LogP contribution in [0.15, 0.2) is 72.8 Å². The first kappa shape index (κ1) is 119. The van der Waals surface area contributed by atoms with Gasteiger partial charge in [0.2, 0.25) is 0 Å². The standard InChI is InChI=1S/C24H31F6N3O4.C23H29F6N3O5.C23H31F6N3O3.C23H31F6N3O2.CH4/c1-15(23(25,26)27)37-21(36)32-10-7-22(2,8-11-32)31(3)13-16-4-5-18(24(28,29)30)12-19(16)33-9-6-17(14-33)20(34)35;1-15(22(24,25)26)37-20(35)31-7-5-21(2,6-8-31)32(19(33)34)14-16-3-4-17(23(27,28)29)13-18(16)30-9-11-36-12-10-30;1-16(22(24,25)26)35-20(33)32-8-6-21(2,7-9-32)30(3)15-17-4-5-18(23(27,28)29)14-19(17)31-10-12-34-13-11-31;1-16(22(24,25)26)34-20(33)32-12-8-21(2,9-13-32)30(3)15-17-6-7-18(23(27,28)29)14-19(17)31-10-4-5-11-31;/h4-5,12,15,17H,6-11,13-14H2,1-3H3,(H,34,35);3-4,13,15H,5-12,14H2,1-2H3,(H,33,34);4-5,14,16H,6-13,15H2,1-3H3;6-7,14,16H,4-5,8-13,15H2,1-3H3;1H4. The molecule has 5 amide bonds. The maximum Gasteiger partial charge on any atom is 0.425 e. The van der Waals surface area contributed by atoms with Crippen molar-refractivity contribution < 1.29 is 173 Å². The molecule has 0 bridgehead atoms. The lowest BCUT2D eigenvalue weighted by atomic mass is 9.87. The molecule has 12 rings (SSSR count). The van der Waals surface area contributed by atoms with Crippen molar-refractivity contribution in [2.75, 3.05) is 172 Å². The molecule has 4 aromatic carbocycles. The van der Waals surface area contributed by atoms with Gasteiger partial charge >= 0.3 is 85.8 Å². The number of carboxylic acids is 1. The number of carboxylic acid groups (broad SMARTS) is 2. The highest BCUT2D eigenvalue weighted by atomic mass is 19.4. The van der Waals surface area contributed by atoms with Crippen molar-refractivity contribution in [3.63, 3.8) is 0 Å². The zero-order chi connectivity index (χ0) is 107. The van der Waals surface area contributed by atoms with E-state index in [4.69, 9.17) is 9.47 Å². The van der Waals surface area contributed by atoms with Gasteiger partial charge in [-0.2, -0.15) is 105 Å². The number of ether oxygens (including phenoxy) is 6. The summed E-state index contributed by atoms with van der Waals surface area (Å²) in [6.07, 6.45) is -45.8. The Labute approximate surface area is 818 Å². The smallest absolute Gasteiger partial charge is 0.425 e. The van der Waals surface area contributed by atoms with E-state index in [9.17, 15) is 144 Å². The van der Waals surface area contributed by atoms with E-state index in [0.29, 0.717) is 165 Å². The Morgan fingerprint density at radius 1 is 0.347 bits per heavy atom. The van der Waals surface area contributed by atoms with Gasteiger partial charge in [0.25, 0.3) is 0 Å². The van der Waals surface area contributed by atoms with Gasteiger partial charge in [-0.25, -0.2) is 24.0 Å². The monoisotopic (exact) mass is 2100 g/mol. The molecule has 0 saturated carbocycles. The Morgan fingerprint density at radius 2 is 0.576 bits per heavy atom. The van der Waals surface area contributed by atoms with Crippen LogP contribution in [0.4, 0.5) is 152 Å². The SMILES string of the molecule is C.CC(OC(=O)N1CCC(C)(N(C)Cc2ccc(C(F)(F)F)cc2N2CCC(C(=O)O)C2)CC1)C(F)(F)F.CC(OC(=O)N1CCC(C)(N(C)Cc2ccc(C(F)(F)F)cc2N2CCCC2)CC1)C(F)(F)F.CC(OC(=O)N1CCC(C)(N(C)Cc2ccc(C(F)(F)F)cc2N2CCOCC2)CC1)C(F)(F)F.CC(OC(=O)N1CCC(C)(N(Cc2ccc(C(F)(F)F)cc2N2CCOCC2)C(=O)O)CC1)C(F)(F)F. The van der Waals surface area contributed by atoms with Crippen LogP contribution in [0.2, 0.25) is 0 Å². The Balaban J connectivity index is 0.000000234. The second-order valence-electron chi connectivity index (χ2n) is 38.2. The number of morpholine rings is 2. The number of carbonyl (C=O) groups excluding carboxylic acids is 4. The molecule has 50 heteroatoms. The minimum atomic E-state index is -4.71. The van der Waals surface area contributed by atoms with Crippen LogP contribution in [0.25, 0.3) is 0 Å². The Bertz CT molecular complexity index is 4900. The van der Waals surface area contributed by atoms with Crippen molar-refractivity contribution in [2.45, 2.75) is 256 Å². The number of halogens is 24. The Morgan fingerprint density at radius 3 is 0.799 bits per heavy atom. The highest BCUT2D eigenvalue weighted by Gasteiger charge is 2.50. The summed E-state index contributed by atoms with van der Waals surface area (Å²) >= 11 is 0. The van der Waals surface area contributed by atoms with Crippen molar-refractivity contribution in [3.05, 3.63) is 117 Å². The number of anilines is 4. The van der Waals surface area contributed by atoms with Crippen LogP contribution in [0.5, 0.6) is 0 Å². The van der Waals surface area contributed by atoms with Gasteiger partial charge in [0.15, 0.2) is 24.4 Å². The number of amides is 5. The number of carbonyl (C=O) groups is 6. The first-order valence-corrected chi connectivity index (χ1v) is 46.5. The number of hydrogen-bond donors (Lipinski definition) is 2. The molecular formula is C94H126F24N12O14. The maximum atomic E-state index is 13.4. The summed E-state index contributed by atoms with van der Waals surface area (Å²) in [7, 11) is 5.54. The third-order valence-electron chi connectivity index (χ3n) is 28.2. The maximum absolute atomic E-state index is 13.4. The molecule has 8 saturated heterocycles. The summed E-state index contributed by atoms with van der Waals surface area (Å²) < 4.78 is 342. The molecule has 8 fully saturated rings. The van der Waals surface area contributed by atoms with E-state index in [0.717, 1.165) is 90.9 Å². The molecule has 144 heavy (non-hydrogen) atoms. The lowest BCUT2D eigenvalue weighted by molar-refractivity contribution is -0.200. The fourth-order valence-corrected chi connectivity index (χ4v) is 17.7. The first-order chi connectivity index (χ1) is 66.0. The zero-order valence-corrected chi connectivity index (χ0v) is 80.8. The predicted molar refractivity (Wildman–Crippen MR) is 481 cm³/mol. The summed E-state index contributed by atoms with van der Waals surface area (Å²) in [6.45, 7) is 17.6. The molecule has 8 aliphatic rings. The lowest BCUT2D eigenvalue weighted by Gasteiger charge is -2.45. The second-order valence-corrected chi connectivity index (χ2v) is 38.2. The molecule has 26 nitrogen and oxygen atoms in total. The summed E-state index contributed by atoms with van der Waals surface area (Å²) in [5.41, 5.74) is -1.16. The highest BCUT2D eigenvalue weighted by Crippen LogP contribution is 2.45. The molecule has 8 heterocycles. The fraction of sp³-hybridized carbons (Fsp3) is 0.681. The molecule has 4 aromatic rings. The molecular weight excluding hydrogens is 1980 g/mol. The summed E-state index contributed by atoms with van der Waals surface area (Å²) in [5.74, 6) is -1.66. The van der Waals surface area contributed by atoms with Gasteiger partial charge in [-0.15, -0.1) is 0 Å². The van der Waals surface area contributed by atoms with E-state index in [1.807, 2.05) is 54.5 Å². The fourth-order valence-electron chi connectivity index (χ4n) is 17.7. The van der Waals surface area contributed by atoms with Crippen LogP contribution in [-0.2, 0) is 84.1 Å². The van der Waals surface area contributed by atoms with E-state index in [1.165, 1.54) is 51.1 Å². The number of alkyl halides is 24. The predicted octanol–water partition coefficient (Wildman–Crippen LogP) is 21.2. The van der Waals surface area contributed by atoms with E-state index >= 15 is 0 Å². The van der Waals surface area contributed by atoms with Gasteiger partial charge in [-0.3, -0.25) is 24.4 Å². The number of nitrogens with zero attached hydrogens (tertiary/aromatic N) is 12. The number of likely N-dealkylation sites (tertiary alicyclic amines) is 4. The number of aliphatic carboxylic acids is 1. The Hall–Kier alpha value is -9.98. The van der Waals surface area contributed by atoms with E-state index < -0.39 is 155 Å². The topological polar surface area (TPSA) is 237 Å². The van der Waals surface area contributed by atoms with Gasteiger partial charge in [0.1, 0.15) is 0 Å². The minimum Gasteiger partial charge on any atom is -0.481 e. The number of benzene rings is 4. The van der Waals surface area contributed by atoms with Crippen molar-refractivity contribution in [1.82, 2.24) is 39.2 Å². The van der Waals surface area contributed by atoms with Crippen molar-refractivity contribution in [2.24, 2.45) is 5.92 Å². The zero-order valence-electron chi connectivity index (χ0n) is 80.8. The van der Waals surface area contributed by atoms with Crippen LogP contribution in [0, 0.1) is 5.92 Å². The van der Waals surface area contributed by atoms with Gasteiger partial charge in [0.05, 0.1) is 61.1 Å². The Kier molecular flexibility index (Phi) is 39.7. The first-order valence-electron chi connectivity index (χ1n) is 46.5. The van der Waals surface area contributed by atoms with E-state index in [-0.39, 0.29) is 103 Å². The van der Waals surface area contributed by atoms with Gasteiger partial charge in [0, 0.05) is 169 Å². The highest BCUT2D eigenvalue weighted by molar-refractivity contribution is 5.74. The average Bonchev–Trinajstić information content (AvgIpc) is 0.972. The molecule has 814 valence electrons. The van der Waals surface area contributed by atoms with Crippen LogP contribution in [-0.4, -0.2) is 309 Å². The number of rotatable bonds is 21. The van der Waals surface area contributed by atoms with E-state index in [1.54, 1.807) is 23.8 Å². The summed E-state index contributed by atoms with van der Waals surface area (Å²) in [6, 6.07) is 14.2. The largest absolute Gasteiger partial charge is 0.481 e. The molecule has 0 radical (unpaired) electrons. The molecule has 0 aromatic heterocycles. The van der Waals surface area contributed by atoms with Gasteiger partial charge < -0.3 is 77.8 Å². The number of hydrogen-bond acceptors (Lipinski definition) is 19. The van der Waals surface area contributed by atoms with Gasteiger partial charge in [-0.05, 0) is 218 Å². The minimum absolute atomic E-state index is 0. The van der Waals surface area contributed by atoms with Crippen LogP contribution < -0.4 is 19.6 Å². The molecule has 5 unspecified atom stereocenters. The third-order valence-corrected chi connectivity index (χ3v) is 28.2. The lowest BCUT2D eigenvalue weighted by Crippen LogP contribution is -2.56. The quantitative estimate of drug-likeness (QED) is 0.0582. The normalized spacial score (nSPS) is 20.1.